The zero-order valence-corrected chi connectivity index (χ0v) is 18.8. The molecule has 6 nitrogen and oxygen atoms in total. The van der Waals surface area contributed by atoms with E-state index in [1.54, 1.807) is 54.7 Å². The van der Waals surface area contributed by atoms with E-state index in [9.17, 15) is 16.8 Å². The van der Waals surface area contributed by atoms with Crippen LogP contribution in [0.1, 0.15) is 30.4 Å². The quantitative estimate of drug-likeness (QED) is 0.705. The number of rotatable bonds is 5. The maximum absolute atomic E-state index is 13.2. The molecular formula is C22H26N2O4S2. The Hall–Kier alpha value is -2.16. The van der Waals surface area contributed by atoms with Crippen molar-refractivity contribution in [3.05, 3.63) is 71.4 Å². The van der Waals surface area contributed by atoms with E-state index in [2.05, 4.69) is 0 Å². The molecule has 0 aromatic heterocycles. The van der Waals surface area contributed by atoms with Crippen LogP contribution in [0.15, 0.2) is 70.1 Å². The first-order valence-corrected chi connectivity index (χ1v) is 13.0. The lowest BCUT2D eigenvalue weighted by atomic mass is 10.1. The van der Waals surface area contributed by atoms with Gasteiger partial charge >= 0.3 is 0 Å². The van der Waals surface area contributed by atoms with E-state index in [1.807, 2.05) is 13.8 Å². The van der Waals surface area contributed by atoms with Crippen LogP contribution >= 0.6 is 0 Å². The molecule has 0 N–H and O–H groups in total. The van der Waals surface area contributed by atoms with E-state index in [0.29, 0.717) is 25.9 Å². The number of hydrogen-bond acceptors (Lipinski definition) is 4. The average Bonchev–Trinajstić information content (AvgIpc) is 3.39. The molecule has 0 spiro atoms. The third-order valence-electron chi connectivity index (χ3n) is 5.82. The predicted octanol–water partition coefficient (Wildman–Crippen LogP) is 3.44. The molecular weight excluding hydrogens is 420 g/mol. The fourth-order valence-corrected chi connectivity index (χ4v) is 7.14. The molecule has 8 heteroatoms. The zero-order valence-electron chi connectivity index (χ0n) is 17.2. The molecule has 2 aliphatic rings. The summed E-state index contributed by atoms with van der Waals surface area (Å²) in [6.45, 7) is 4.61. The highest BCUT2D eigenvalue weighted by atomic mass is 32.2. The van der Waals surface area contributed by atoms with Crippen molar-refractivity contribution in [1.29, 1.82) is 0 Å². The molecule has 0 aliphatic carbocycles. The second-order valence-corrected chi connectivity index (χ2v) is 11.8. The van der Waals surface area contributed by atoms with E-state index in [-0.39, 0.29) is 15.8 Å². The van der Waals surface area contributed by atoms with E-state index < -0.39 is 20.0 Å². The highest BCUT2D eigenvalue weighted by Gasteiger charge is 2.39. The third-order valence-corrected chi connectivity index (χ3v) is 9.51. The number of nitrogens with zero attached hydrogens (tertiary/aromatic N) is 2. The molecule has 0 bridgehead atoms. The van der Waals surface area contributed by atoms with Crippen molar-refractivity contribution in [2.75, 3.05) is 13.1 Å². The summed E-state index contributed by atoms with van der Waals surface area (Å²) >= 11 is 0. The molecule has 0 amide bonds. The van der Waals surface area contributed by atoms with Crippen molar-refractivity contribution >= 4 is 20.0 Å². The van der Waals surface area contributed by atoms with E-state index in [1.165, 1.54) is 8.61 Å². The van der Waals surface area contributed by atoms with Crippen molar-refractivity contribution in [2.24, 2.45) is 0 Å². The molecule has 4 rings (SSSR count). The lowest BCUT2D eigenvalue weighted by Crippen LogP contribution is -2.36. The first-order chi connectivity index (χ1) is 14.2. The van der Waals surface area contributed by atoms with Crippen LogP contribution in [0.3, 0.4) is 0 Å². The third kappa shape index (κ3) is 3.79. The summed E-state index contributed by atoms with van der Waals surface area (Å²) in [5.74, 6) is 0. The summed E-state index contributed by atoms with van der Waals surface area (Å²) in [5, 5.41) is 0. The van der Waals surface area contributed by atoms with Gasteiger partial charge in [0.15, 0.2) is 0 Å². The smallest absolute Gasteiger partial charge is 0.263 e. The summed E-state index contributed by atoms with van der Waals surface area (Å²) in [5.41, 5.74) is 2.86. The number of benzene rings is 2. The molecule has 1 fully saturated rings. The number of sulfonamides is 2. The Kier molecular flexibility index (Phi) is 5.50. The van der Waals surface area contributed by atoms with E-state index in [0.717, 1.165) is 23.1 Å². The van der Waals surface area contributed by atoms with Crippen molar-refractivity contribution < 1.29 is 16.8 Å². The molecule has 0 saturated carbocycles. The minimum absolute atomic E-state index is 0.251. The molecule has 2 heterocycles. The molecule has 1 saturated heterocycles. The molecule has 1 unspecified atom stereocenters. The highest BCUT2D eigenvalue weighted by molar-refractivity contribution is 7.89. The van der Waals surface area contributed by atoms with Crippen molar-refractivity contribution in [2.45, 2.75) is 48.9 Å². The fourth-order valence-electron chi connectivity index (χ4n) is 4.09. The van der Waals surface area contributed by atoms with Gasteiger partial charge in [0.2, 0.25) is 10.0 Å². The monoisotopic (exact) mass is 446 g/mol. The van der Waals surface area contributed by atoms with Gasteiger partial charge < -0.3 is 0 Å². The number of hydrogen-bond donors (Lipinski definition) is 0. The van der Waals surface area contributed by atoms with Gasteiger partial charge in [-0.15, -0.1) is 0 Å². The van der Waals surface area contributed by atoms with Crippen LogP contribution in [-0.4, -0.2) is 44.6 Å². The molecule has 160 valence electrons. The Balaban J connectivity index is 1.60. The van der Waals surface area contributed by atoms with Gasteiger partial charge in [0, 0.05) is 25.3 Å². The van der Waals surface area contributed by atoms with Crippen LogP contribution in [-0.2, 0) is 20.0 Å². The Morgan fingerprint density at radius 3 is 1.87 bits per heavy atom. The van der Waals surface area contributed by atoms with Crippen molar-refractivity contribution in [1.82, 2.24) is 8.61 Å². The molecule has 0 radical (unpaired) electrons. The minimum Gasteiger partial charge on any atom is -0.273 e. The molecule has 1 atom stereocenters. The van der Waals surface area contributed by atoms with Crippen LogP contribution in [0.2, 0.25) is 0 Å². The van der Waals surface area contributed by atoms with E-state index in [4.69, 9.17) is 0 Å². The molecule has 2 aromatic rings. The lowest BCUT2D eigenvalue weighted by Gasteiger charge is -2.25. The van der Waals surface area contributed by atoms with Crippen molar-refractivity contribution in [3.8, 4) is 0 Å². The molecule has 2 aliphatic heterocycles. The van der Waals surface area contributed by atoms with Gasteiger partial charge in [0.25, 0.3) is 10.0 Å². The van der Waals surface area contributed by atoms with Gasteiger partial charge in [-0.3, -0.25) is 4.31 Å². The minimum atomic E-state index is -3.64. The van der Waals surface area contributed by atoms with Crippen LogP contribution < -0.4 is 0 Å². The van der Waals surface area contributed by atoms with Gasteiger partial charge in [0.1, 0.15) is 0 Å². The largest absolute Gasteiger partial charge is 0.273 e. The Bertz CT molecular complexity index is 1170. The molecule has 30 heavy (non-hydrogen) atoms. The van der Waals surface area contributed by atoms with Crippen LogP contribution in [0.5, 0.6) is 0 Å². The van der Waals surface area contributed by atoms with Crippen molar-refractivity contribution in [3.63, 3.8) is 0 Å². The van der Waals surface area contributed by atoms with Gasteiger partial charge in [-0.25, -0.2) is 16.8 Å². The second-order valence-electron chi connectivity index (χ2n) is 7.97. The Morgan fingerprint density at radius 2 is 1.30 bits per heavy atom. The molecule has 2 aromatic carbocycles. The van der Waals surface area contributed by atoms with E-state index >= 15 is 0 Å². The second kappa shape index (κ2) is 7.83. The van der Waals surface area contributed by atoms with Gasteiger partial charge in [-0.2, -0.15) is 4.31 Å². The van der Waals surface area contributed by atoms with Gasteiger partial charge in [0.05, 0.1) is 9.79 Å². The van der Waals surface area contributed by atoms with Crippen LogP contribution in [0.4, 0.5) is 0 Å². The SMILES string of the molecule is Cc1ccc(S(=O)(=O)N2C=C(C3CCCN3S(=O)(=O)c3ccc(C)cc3)CC2)cc1. The number of aryl methyl sites for hydroxylation is 2. The summed E-state index contributed by atoms with van der Waals surface area (Å²) in [6.07, 6.45) is 3.64. The standard InChI is InChI=1S/C22H26N2O4S2/c1-17-5-9-20(10-6-17)29(25,26)23-15-13-19(16-23)22-4-3-14-24(22)30(27,28)21-11-7-18(2)8-12-21/h5-12,16,22H,3-4,13-15H2,1-2H3. The summed E-state index contributed by atoms with van der Waals surface area (Å²) in [7, 11) is -7.27. The first-order valence-electron chi connectivity index (χ1n) is 10.1. The maximum Gasteiger partial charge on any atom is 0.263 e. The van der Waals surface area contributed by atoms with Gasteiger partial charge in [-0.1, -0.05) is 35.4 Å². The zero-order chi connectivity index (χ0) is 21.5. The first kappa shape index (κ1) is 21.1. The fraction of sp³-hybridized carbons (Fsp3) is 0.364. The summed E-state index contributed by atoms with van der Waals surface area (Å²) < 4.78 is 55.3. The highest BCUT2D eigenvalue weighted by Crippen LogP contribution is 2.35. The average molecular weight is 447 g/mol. The van der Waals surface area contributed by atoms with Crippen LogP contribution in [0, 0.1) is 13.8 Å². The Morgan fingerprint density at radius 1 is 0.767 bits per heavy atom. The Labute approximate surface area is 178 Å². The summed E-state index contributed by atoms with van der Waals surface area (Å²) in [4.78, 5) is 0.531. The van der Waals surface area contributed by atoms with Crippen LogP contribution in [0.25, 0.3) is 0 Å². The topological polar surface area (TPSA) is 74.8 Å². The lowest BCUT2D eigenvalue weighted by molar-refractivity contribution is 0.417. The predicted molar refractivity (Wildman–Crippen MR) is 116 cm³/mol. The van der Waals surface area contributed by atoms with Gasteiger partial charge in [-0.05, 0) is 62.9 Å². The maximum atomic E-state index is 13.2. The normalized spacial score (nSPS) is 20.5. The summed E-state index contributed by atoms with van der Waals surface area (Å²) in [6, 6.07) is 13.3.